The van der Waals surface area contributed by atoms with Gasteiger partial charge in [-0.3, -0.25) is 0 Å². The summed E-state index contributed by atoms with van der Waals surface area (Å²) >= 11 is 3.33. The first-order valence-corrected chi connectivity index (χ1v) is 6.86. The van der Waals surface area contributed by atoms with Crippen LogP contribution in [0, 0.1) is 0 Å². The van der Waals surface area contributed by atoms with E-state index in [4.69, 9.17) is 10.5 Å². The largest absolute Gasteiger partial charge is 0.385 e. The molecule has 0 aromatic carbocycles. The molecule has 0 saturated heterocycles. The summed E-state index contributed by atoms with van der Waals surface area (Å²) < 4.78 is 5.01. The van der Waals surface area contributed by atoms with Crippen LogP contribution in [-0.2, 0) is 4.74 Å². The van der Waals surface area contributed by atoms with Gasteiger partial charge in [-0.2, -0.15) is 11.3 Å². The molecule has 0 spiro atoms. The first-order chi connectivity index (χ1) is 7.81. The van der Waals surface area contributed by atoms with Crippen LogP contribution >= 0.6 is 22.7 Å². The Labute approximate surface area is 103 Å². The summed E-state index contributed by atoms with van der Waals surface area (Å²) in [5.41, 5.74) is 8.16. The van der Waals surface area contributed by atoms with Gasteiger partial charge in [0.1, 0.15) is 5.01 Å². The van der Waals surface area contributed by atoms with E-state index in [0.717, 1.165) is 17.1 Å². The van der Waals surface area contributed by atoms with Crippen LogP contribution in [0.15, 0.2) is 22.2 Å². The maximum atomic E-state index is 6.01. The Hall–Kier alpha value is -0.750. The number of aromatic nitrogens is 1. The molecule has 0 aliphatic carbocycles. The summed E-state index contributed by atoms with van der Waals surface area (Å²) in [6.07, 6.45) is 0.809. The highest BCUT2D eigenvalue weighted by Crippen LogP contribution is 2.27. The average molecular weight is 254 g/mol. The van der Waals surface area contributed by atoms with E-state index >= 15 is 0 Å². The molecule has 3 nitrogen and oxygen atoms in total. The second-order valence-corrected chi connectivity index (χ2v) is 5.12. The quantitative estimate of drug-likeness (QED) is 0.892. The van der Waals surface area contributed by atoms with Gasteiger partial charge in [-0.05, 0) is 17.9 Å². The molecule has 0 bridgehead atoms. The van der Waals surface area contributed by atoms with Crippen LogP contribution in [0.2, 0.25) is 0 Å². The Morgan fingerprint density at radius 1 is 1.50 bits per heavy atom. The van der Waals surface area contributed by atoms with Crippen LogP contribution in [0.3, 0.4) is 0 Å². The van der Waals surface area contributed by atoms with Gasteiger partial charge in [0.05, 0.1) is 11.7 Å². The molecule has 2 rings (SSSR count). The van der Waals surface area contributed by atoms with Crippen molar-refractivity contribution in [2.24, 2.45) is 5.73 Å². The summed E-state index contributed by atoms with van der Waals surface area (Å²) in [6.45, 7) is 0.673. The van der Waals surface area contributed by atoms with Crippen molar-refractivity contribution in [1.82, 2.24) is 4.98 Å². The molecule has 2 aromatic heterocycles. The molecule has 5 heteroatoms. The number of thiazole rings is 1. The van der Waals surface area contributed by atoms with E-state index in [1.54, 1.807) is 29.8 Å². The topological polar surface area (TPSA) is 48.1 Å². The maximum Gasteiger partial charge on any atom is 0.124 e. The Morgan fingerprint density at radius 3 is 3.06 bits per heavy atom. The van der Waals surface area contributed by atoms with E-state index in [0.29, 0.717) is 6.61 Å². The Bertz CT molecular complexity index is 425. The number of nitrogens with two attached hydrogens (primary N) is 1. The lowest BCUT2D eigenvalue weighted by atomic mass is 10.2. The van der Waals surface area contributed by atoms with Crippen molar-refractivity contribution in [2.45, 2.75) is 12.5 Å². The number of hydrogen-bond donors (Lipinski definition) is 1. The lowest BCUT2D eigenvalue weighted by Crippen LogP contribution is -2.12. The van der Waals surface area contributed by atoms with Gasteiger partial charge >= 0.3 is 0 Å². The zero-order valence-electron chi connectivity index (χ0n) is 9.05. The second kappa shape index (κ2) is 5.54. The number of hydrogen-bond acceptors (Lipinski definition) is 5. The Morgan fingerprint density at radius 2 is 2.38 bits per heavy atom. The molecule has 0 aliphatic rings. The molecule has 1 atom stereocenters. The number of thiophene rings is 1. The van der Waals surface area contributed by atoms with Gasteiger partial charge in [-0.25, -0.2) is 4.98 Å². The number of rotatable bonds is 5. The third kappa shape index (κ3) is 2.68. The first kappa shape index (κ1) is 11.7. The van der Waals surface area contributed by atoms with Crippen LogP contribution in [-0.4, -0.2) is 18.7 Å². The summed E-state index contributed by atoms with van der Waals surface area (Å²) in [5.74, 6) is 0. The molecule has 1 unspecified atom stereocenters. The van der Waals surface area contributed by atoms with Gasteiger partial charge in [0.25, 0.3) is 0 Å². The van der Waals surface area contributed by atoms with Gasteiger partial charge in [-0.15, -0.1) is 11.3 Å². The molecule has 0 radical (unpaired) electrons. The molecule has 0 aliphatic heterocycles. The highest BCUT2D eigenvalue weighted by molar-refractivity contribution is 7.14. The smallest absolute Gasteiger partial charge is 0.124 e. The lowest BCUT2D eigenvalue weighted by molar-refractivity contribution is 0.188. The van der Waals surface area contributed by atoms with Crippen LogP contribution in [0.5, 0.6) is 0 Å². The Balaban J connectivity index is 2.07. The van der Waals surface area contributed by atoms with Gasteiger partial charge in [-0.1, -0.05) is 0 Å². The summed E-state index contributed by atoms with van der Waals surface area (Å²) in [7, 11) is 1.69. The molecule has 2 N–H and O–H groups in total. The molecule has 2 aromatic rings. The molecule has 2 heterocycles. The standard InChI is InChI=1S/C11H14N2OS2/c1-14-4-2-9(12)10-7-16-11(13-10)8-3-5-15-6-8/h3,5-7,9H,2,4,12H2,1H3. The minimum Gasteiger partial charge on any atom is -0.385 e. The van der Waals surface area contributed by atoms with Crippen molar-refractivity contribution in [1.29, 1.82) is 0 Å². The van der Waals surface area contributed by atoms with Gasteiger partial charge in [0.2, 0.25) is 0 Å². The van der Waals surface area contributed by atoms with Crippen molar-refractivity contribution in [3.63, 3.8) is 0 Å². The molecule has 0 fully saturated rings. The van der Waals surface area contributed by atoms with Crippen molar-refractivity contribution in [3.05, 3.63) is 27.9 Å². The minimum absolute atomic E-state index is 0.0245. The highest BCUT2D eigenvalue weighted by Gasteiger charge is 2.11. The summed E-state index contributed by atoms with van der Waals surface area (Å²) in [6, 6.07) is 2.05. The summed E-state index contributed by atoms with van der Waals surface area (Å²) in [5, 5.41) is 7.24. The van der Waals surface area contributed by atoms with Crippen LogP contribution in [0.1, 0.15) is 18.2 Å². The van der Waals surface area contributed by atoms with Gasteiger partial charge < -0.3 is 10.5 Å². The number of methoxy groups -OCH3 is 1. The molecule has 86 valence electrons. The van der Waals surface area contributed by atoms with Crippen LogP contribution in [0.25, 0.3) is 10.6 Å². The zero-order chi connectivity index (χ0) is 11.4. The Kier molecular flexibility index (Phi) is 4.06. The molecule has 16 heavy (non-hydrogen) atoms. The highest BCUT2D eigenvalue weighted by atomic mass is 32.1. The fraction of sp³-hybridized carbons (Fsp3) is 0.364. The SMILES string of the molecule is COCCC(N)c1csc(-c2ccsc2)n1. The van der Waals surface area contributed by atoms with E-state index in [9.17, 15) is 0 Å². The average Bonchev–Trinajstić information content (AvgIpc) is 2.94. The van der Waals surface area contributed by atoms with Crippen LogP contribution < -0.4 is 5.73 Å². The van der Waals surface area contributed by atoms with E-state index in [1.807, 2.05) is 5.38 Å². The number of nitrogens with zero attached hydrogens (tertiary/aromatic N) is 1. The predicted octanol–water partition coefficient (Wildman–Crippen LogP) is 2.91. The second-order valence-electron chi connectivity index (χ2n) is 3.48. The summed E-state index contributed by atoms with van der Waals surface area (Å²) in [4.78, 5) is 4.55. The van der Waals surface area contributed by atoms with Gasteiger partial charge in [0.15, 0.2) is 0 Å². The third-order valence-corrected chi connectivity index (χ3v) is 3.90. The van der Waals surface area contributed by atoms with Crippen molar-refractivity contribution in [2.75, 3.05) is 13.7 Å². The molecular weight excluding hydrogens is 240 g/mol. The van der Waals surface area contributed by atoms with Crippen molar-refractivity contribution in [3.8, 4) is 10.6 Å². The van der Waals surface area contributed by atoms with Gasteiger partial charge in [0, 0.05) is 30.0 Å². The lowest BCUT2D eigenvalue weighted by Gasteiger charge is -2.06. The third-order valence-electron chi connectivity index (χ3n) is 2.30. The molecule has 0 amide bonds. The van der Waals surface area contributed by atoms with E-state index < -0.39 is 0 Å². The van der Waals surface area contributed by atoms with Crippen molar-refractivity contribution >= 4 is 22.7 Å². The minimum atomic E-state index is -0.0245. The first-order valence-electron chi connectivity index (χ1n) is 5.03. The molecule has 0 saturated carbocycles. The molecular formula is C11H14N2OS2. The fourth-order valence-corrected chi connectivity index (χ4v) is 2.96. The van der Waals surface area contributed by atoms with Crippen LogP contribution in [0.4, 0.5) is 0 Å². The maximum absolute atomic E-state index is 6.01. The number of ether oxygens (including phenoxy) is 1. The fourth-order valence-electron chi connectivity index (χ4n) is 1.37. The van der Waals surface area contributed by atoms with E-state index in [2.05, 4.69) is 21.8 Å². The van der Waals surface area contributed by atoms with E-state index in [1.165, 1.54) is 5.56 Å². The van der Waals surface area contributed by atoms with Crippen molar-refractivity contribution < 1.29 is 4.74 Å². The monoisotopic (exact) mass is 254 g/mol. The normalized spacial score (nSPS) is 12.9. The zero-order valence-corrected chi connectivity index (χ0v) is 10.7. The van der Waals surface area contributed by atoms with E-state index in [-0.39, 0.29) is 6.04 Å². The predicted molar refractivity (Wildman–Crippen MR) is 68.8 cm³/mol.